The van der Waals surface area contributed by atoms with Crippen LogP contribution in [-0.2, 0) is 0 Å². The van der Waals surface area contributed by atoms with E-state index in [-0.39, 0.29) is 6.04 Å². The molecular formula is C14H22Cl2N2. The summed E-state index contributed by atoms with van der Waals surface area (Å²) < 4.78 is 0. The van der Waals surface area contributed by atoms with Crippen molar-refractivity contribution in [3.05, 3.63) is 33.8 Å². The van der Waals surface area contributed by atoms with E-state index in [1.807, 2.05) is 12.1 Å². The number of halogens is 2. The van der Waals surface area contributed by atoms with E-state index in [9.17, 15) is 0 Å². The minimum atomic E-state index is 0.0813. The van der Waals surface area contributed by atoms with Gasteiger partial charge in [-0.3, -0.25) is 11.3 Å². The monoisotopic (exact) mass is 288 g/mol. The van der Waals surface area contributed by atoms with E-state index in [1.54, 1.807) is 6.07 Å². The Hall–Kier alpha value is -0.280. The zero-order valence-corrected chi connectivity index (χ0v) is 12.4. The Morgan fingerprint density at radius 3 is 2.56 bits per heavy atom. The van der Waals surface area contributed by atoms with Crippen LogP contribution >= 0.6 is 23.2 Å². The van der Waals surface area contributed by atoms with Crippen LogP contribution < -0.4 is 11.3 Å². The molecule has 1 rings (SSSR count). The molecule has 0 aliphatic rings. The second-order valence-corrected chi connectivity index (χ2v) is 5.35. The average molecular weight is 289 g/mol. The Labute approximate surface area is 120 Å². The van der Waals surface area contributed by atoms with E-state index in [2.05, 4.69) is 12.3 Å². The summed E-state index contributed by atoms with van der Waals surface area (Å²) in [6.07, 6.45) is 7.23. The maximum absolute atomic E-state index is 6.20. The lowest BCUT2D eigenvalue weighted by molar-refractivity contribution is 0.479. The largest absolute Gasteiger partial charge is 0.271 e. The molecule has 0 aliphatic carbocycles. The predicted molar refractivity (Wildman–Crippen MR) is 79.9 cm³/mol. The van der Waals surface area contributed by atoms with Crippen LogP contribution in [0.2, 0.25) is 10.0 Å². The number of hydrogen-bond acceptors (Lipinski definition) is 2. The molecule has 2 nitrogen and oxygen atoms in total. The summed E-state index contributed by atoms with van der Waals surface area (Å²) in [5.74, 6) is 5.61. The maximum atomic E-state index is 6.20. The van der Waals surface area contributed by atoms with Crippen LogP contribution in [0.4, 0.5) is 0 Å². The van der Waals surface area contributed by atoms with Crippen molar-refractivity contribution < 1.29 is 0 Å². The molecule has 0 spiro atoms. The van der Waals surface area contributed by atoms with Gasteiger partial charge in [-0.15, -0.1) is 0 Å². The number of hydrazine groups is 1. The molecule has 0 aromatic heterocycles. The molecule has 0 saturated carbocycles. The van der Waals surface area contributed by atoms with Gasteiger partial charge in [-0.25, -0.2) is 0 Å². The van der Waals surface area contributed by atoms with Crippen LogP contribution in [0, 0.1) is 0 Å². The average Bonchev–Trinajstić information content (AvgIpc) is 2.38. The van der Waals surface area contributed by atoms with Gasteiger partial charge in [-0.05, 0) is 18.1 Å². The number of rotatable bonds is 8. The van der Waals surface area contributed by atoms with E-state index in [0.717, 1.165) is 18.4 Å². The van der Waals surface area contributed by atoms with Crippen LogP contribution in [0.25, 0.3) is 0 Å². The van der Waals surface area contributed by atoms with Gasteiger partial charge in [0.15, 0.2) is 0 Å². The summed E-state index contributed by atoms with van der Waals surface area (Å²) in [6.45, 7) is 2.22. The first kappa shape index (κ1) is 15.8. The van der Waals surface area contributed by atoms with Crippen LogP contribution in [0.3, 0.4) is 0 Å². The number of benzene rings is 1. The molecule has 1 unspecified atom stereocenters. The smallest absolute Gasteiger partial charge is 0.0640 e. The molecular weight excluding hydrogens is 267 g/mol. The van der Waals surface area contributed by atoms with Gasteiger partial charge in [0, 0.05) is 6.04 Å². The van der Waals surface area contributed by atoms with E-state index in [0.29, 0.717) is 10.0 Å². The van der Waals surface area contributed by atoms with E-state index in [4.69, 9.17) is 29.0 Å². The molecule has 0 fully saturated rings. The highest BCUT2D eigenvalue weighted by Crippen LogP contribution is 2.31. The van der Waals surface area contributed by atoms with Gasteiger partial charge >= 0.3 is 0 Å². The third-order valence-corrected chi connectivity index (χ3v) is 3.99. The van der Waals surface area contributed by atoms with Crippen molar-refractivity contribution in [3.8, 4) is 0 Å². The molecule has 18 heavy (non-hydrogen) atoms. The van der Waals surface area contributed by atoms with Gasteiger partial charge in [0.1, 0.15) is 0 Å². The number of hydrogen-bond donors (Lipinski definition) is 2. The molecule has 0 amide bonds. The SMILES string of the molecule is CCCCCCCC(NN)c1cccc(Cl)c1Cl. The van der Waals surface area contributed by atoms with Crippen molar-refractivity contribution in [2.24, 2.45) is 5.84 Å². The van der Waals surface area contributed by atoms with Gasteiger partial charge in [0.2, 0.25) is 0 Å². The van der Waals surface area contributed by atoms with Crippen molar-refractivity contribution in [3.63, 3.8) is 0 Å². The van der Waals surface area contributed by atoms with Gasteiger partial charge in [0.25, 0.3) is 0 Å². The van der Waals surface area contributed by atoms with E-state index < -0.39 is 0 Å². The first-order valence-corrected chi connectivity index (χ1v) is 7.36. The van der Waals surface area contributed by atoms with Gasteiger partial charge in [-0.1, -0.05) is 74.4 Å². The van der Waals surface area contributed by atoms with Gasteiger partial charge in [0.05, 0.1) is 10.0 Å². The summed E-state index contributed by atoms with van der Waals surface area (Å²) in [6, 6.07) is 5.76. The lowest BCUT2D eigenvalue weighted by Gasteiger charge is -2.18. The second-order valence-electron chi connectivity index (χ2n) is 4.57. The number of nitrogens with one attached hydrogen (secondary N) is 1. The molecule has 102 valence electrons. The number of unbranched alkanes of at least 4 members (excludes halogenated alkanes) is 4. The second kappa shape index (κ2) is 8.76. The standard InChI is InChI=1S/C14H22Cl2N2/c1-2-3-4-5-6-10-13(18-17)11-8-7-9-12(15)14(11)16/h7-9,13,18H,2-6,10,17H2,1H3. The third kappa shape index (κ3) is 4.77. The summed E-state index contributed by atoms with van der Waals surface area (Å²) in [5.41, 5.74) is 3.82. The Morgan fingerprint density at radius 1 is 1.17 bits per heavy atom. The highest BCUT2D eigenvalue weighted by atomic mass is 35.5. The fourth-order valence-electron chi connectivity index (χ4n) is 2.07. The maximum Gasteiger partial charge on any atom is 0.0640 e. The van der Waals surface area contributed by atoms with Gasteiger partial charge < -0.3 is 0 Å². The Balaban J connectivity index is 2.52. The van der Waals surface area contributed by atoms with Crippen LogP contribution in [0.15, 0.2) is 18.2 Å². The van der Waals surface area contributed by atoms with Crippen LogP contribution in [0.1, 0.15) is 57.1 Å². The molecule has 3 N–H and O–H groups in total. The summed E-state index contributed by atoms with van der Waals surface area (Å²) in [5, 5.41) is 1.19. The first-order chi connectivity index (χ1) is 8.70. The predicted octanol–water partition coefficient (Wildman–Crippen LogP) is 4.86. The summed E-state index contributed by atoms with van der Waals surface area (Å²) >= 11 is 12.2. The zero-order valence-electron chi connectivity index (χ0n) is 10.9. The van der Waals surface area contributed by atoms with E-state index in [1.165, 1.54) is 25.7 Å². The zero-order chi connectivity index (χ0) is 13.4. The quantitative estimate of drug-likeness (QED) is 0.407. The van der Waals surface area contributed by atoms with Crippen molar-refractivity contribution >= 4 is 23.2 Å². The van der Waals surface area contributed by atoms with Crippen LogP contribution in [0.5, 0.6) is 0 Å². The van der Waals surface area contributed by atoms with Gasteiger partial charge in [-0.2, -0.15) is 0 Å². The molecule has 1 aromatic rings. The lowest BCUT2D eigenvalue weighted by Crippen LogP contribution is -2.28. The van der Waals surface area contributed by atoms with Crippen molar-refractivity contribution in [2.45, 2.75) is 51.5 Å². The molecule has 0 aliphatic heterocycles. The normalized spacial score (nSPS) is 12.7. The Bertz CT molecular complexity index is 356. The third-order valence-electron chi connectivity index (χ3n) is 3.15. The molecule has 1 atom stereocenters. The Kier molecular flexibility index (Phi) is 7.68. The first-order valence-electron chi connectivity index (χ1n) is 6.60. The van der Waals surface area contributed by atoms with Crippen molar-refractivity contribution in [1.29, 1.82) is 0 Å². The minimum Gasteiger partial charge on any atom is -0.271 e. The highest BCUT2D eigenvalue weighted by Gasteiger charge is 2.14. The minimum absolute atomic E-state index is 0.0813. The Morgan fingerprint density at radius 2 is 1.89 bits per heavy atom. The van der Waals surface area contributed by atoms with Crippen LogP contribution in [-0.4, -0.2) is 0 Å². The fourth-order valence-corrected chi connectivity index (χ4v) is 2.51. The van der Waals surface area contributed by atoms with E-state index >= 15 is 0 Å². The molecule has 0 radical (unpaired) electrons. The lowest BCUT2D eigenvalue weighted by atomic mass is 10.0. The highest BCUT2D eigenvalue weighted by molar-refractivity contribution is 6.42. The molecule has 0 bridgehead atoms. The van der Waals surface area contributed by atoms with Crippen molar-refractivity contribution in [1.82, 2.24) is 5.43 Å². The number of nitrogens with two attached hydrogens (primary N) is 1. The molecule has 4 heteroatoms. The molecule has 0 saturated heterocycles. The summed E-state index contributed by atoms with van der Waals surface area (Å²) in [7, 11) is 0. The summed E-state index contributed by atoms with van der Waals surface area (Å²) in [4.78, 5) is 0. The fraction of sp³-hybridized carbons (Fsp3) is 0.571. The van der Waals surface area contributed by atoms with Crippen molar-refractivity contribution in [2.75, 3.05) is 0 Å². The topological polar surface area (TPSA) is 38.0 Å². The molecule has 1 aromatic carbocycles. The molecule has 0 heterocycles.